The van der Waals surface area contributed by atoms with E-state index in [0.717, 1.165) is 49.0 Å². The van der Waals surface area contributed by atoms with Gasteiger partial charge in [0, 0.05) is 18.5 Å². The largest absolute Gasteiger partial charge is 0.487 e. The summed E-state index contributed by atoms with van der Waals surface area (Å²) in [5, 5.41) is 7.01. The minimum absolute atomic E-state index is 0.0415. The van der Waals surface area contributed by atoms with Crippen LogP contribution in [0, 0.1) is 13.8 Å². The second-order valence-corrected chi connectivity index (χ2v) is 7.88. The van der Waals surface area contributed by atoms with E-state index in [1.807, 2.05) is 13.8 Å². The lowest BCUT2D eigenvalue weighted by Gasteiger charge is -2.40. The number of oxazole rings is 1. The van der Waals surface area contributed by atoms with Crippen LogP contribution in [0.4, 0.5) is 0 Å². The van der Waals surface area contributed by atoms with Gasteiger partial charge >= 0.3 is 0 Å². The van der Waals surface area contributed by atoms with Gasteiger partial charge in [0.2, 0.25) is 5.89 Å². The highest BCUT2D eigenvalue weighted by Crippen LogP contribution is 2.46. The molecule has 0 bridgehead atoms. The molecule has 1 aliphatic heterocycles. The normalized spacial score (nSPS) is 20.7. The van der Waals surface area contributed by atoms with Crippen LogP contribution in [0.15, 0.2) is 33.7 Å². The maximum Gasteiger partial charge on any atom is 0.216 e. The van der Waals surface area contributed by atoms with E-state index in [1.165, 1.54) is 18.4 Å². The molecule has 0 saturated heterocycles. The van der Waals surface area contributed by atoms with Gasteiger partial charge in [-0.1, -0.05) is 18.2 Å². The van der Waals surface area contributed by atoms with Crippen LogP contribution in [0.1, 0.15) is 68.0 Å². The van der Waals surface area contributed by atoms with Gasteiger partial charge in [0.05, 0.1) is 11.7 Å². The predicted molar refractivity (Wildman–Crippen MR) is 110 cm³/mol. The number of aliphatic imine (C=N–C) groups is 1. The van der Waals surface area contributed by atoms with E-state index in [-0.39, 0.29) is 11.6 Å². The van der Waals surface area contributed by atoms with Crippen LogP contribution in [-0.2, 0) is 6.54 Å². The van der Waals surface area contributed by atoms with E-state index in [9.17, 15) is 0 Å². The first-order valence-corrected chi connectivity index (χ1v) is 10.3. The van der Waals surface area contributed by atoms with Crippen molar-refractivity contribution in [1.82, 2.24) is 15.6 Å². The zero-order chi connectivity index (χ0) is 19.6. The molecule has 2 heterocycles. The van der Waals surface area contributed by atoms with Crippen LogP contribution in [0.5, 0.6) is 5.75 Å². The van der Waals surface area contributed by atoms with E-state index >= 15 is 0 Å². The number of aryl methyl sites for hydroxylation is 2. The molecule has 150 valence electrons. The summed E-state index contributed by atoms with van der Waals surface area (Å²) >= 11 is 0. The van der Waals surface area contributed by atoms with Gasteiger partial charge in [-0.3, -0.25) is 0 Å². The Kier molecular flexibility index (Phi) is 5.29. The monoisotopic (exact) mass is 382 g/mol. The summed E-state index contributed by atoms with van der Waals surface area (Å²) in [6.45, 7) is 7.17. The third-order valence-corrected chi connectivity index (χ3v) is 5.81. The average molecular weight is 383 g/mol. The van der Waals surface area contributed by atoms with Crippen LogP contribution in [-0.4, -0.2) is 23.1 Å². The summed E-state index contributed by atoms with van der Waals surface area (Å²) in [5.74, 6) is 3.28. The molecular weight excluding hydrogens is 352 g/mol. The van der Waals surface area contributed by atoms with Gasteiger partial charge in [0.1, 0.15) is 23.7 Å². The number of fused-ring (bicyclic) bond motifs is 1. The van der Waals surface area contributed by atoms with E-state index in [2.05, 4.69) is 46.8 Å². The van der Waals surface area contributed by atoms with Gasteiger partial charge in [0.15, 0.2) is 5.96 Å². The Labute approximate surface area is 166 Å². The summed E-state index contributed by atoms with van der Waals surface area (Å²) in [5.41, 5.74) is 2.08. The van der Waals surface area contributed by atoms with E-state index < -0.39 is 0 Å². The van der Waals surface area contributed by atoms with Crippen molar-refractivity contribution >= 4 is 5.96 Å². The Morgan fingerprint density at radius 3 is 2.75 bits per heavy atom. The number of ether oxygens (including phenoxy) is 1. The molecule has 2 aliphatic rings. The lowest BCUT2D eigenvalue weighted by molar-refractivity contribution is 0.0396. The second kappa shape index (κ2) is 7.86. The number of aromatic nitrogens is 1. The molecule has 4 rings (SSSR count). The Balaban J connectivity index is 1.56. The molecule has 1 atom stereocenters. The standard InChI is InChI=1S/C22H30N4O2/c1-4-23-21(24-14-20-25-15(2)16(3)27-20)26-18-13-22(11-7-8-12-22)28-19-10-6-5-9-17(18)19/h5-6,9-10,18H,4,7-8,11-14H2,1-3H3,(H2,23,24,26). The summed E-state index contributed by atoms with van der Waals surface area (Å²) in [6, 6.07) is 8.54. The molecule has 6 heteroatoms. The number of hydrogen-bond donors (Lipinski definition) is 2. The van der Waals surface area contributed by atoms with Crippen molar-refractivity contribution in [1.29, 1.82) is 0 Å². The molecule has 28 heavy (non-hydrogen) atoms. The van der Waals surface area contributed by atoms with Crippen molar-refractivity contribution in [2.24, 2.45) is 4.99 Å². The quantitative estimate of drug-likeness (QED) is 0.613. The third-order valence-electron chi connectivity index (χ3n) is 5.81. The Hall–Kier alpha value is -2.50. The number of nitrogens with zero attached hydrogens (tertiary/aromatic N) is 2. The van der Waals surface area contributed by atoms with E-state index in [1.54, 1.807) is 0 Å². The Morgan fingerprint density at radius 1 is 1.25 bits per heavy atom. The van der Waals surface area contributed by atoms with Gasteiger partial charge in [-0.25, -0.2) is 9.98 Å². The fourth-order valence-corrected chi connectivity index (χ4v) is 4.31. The fourth-order valence-electron chi connectivity index (χ4n) is 4.31. The zero-order valence-electron chi connectivity index (χ0n) is 17.0. The van der Waals surface area contributed by atoms with E-state index in [0.29, 0.717) is 12.4 Å². The molecule has 1 unspecified atom stereocenters. The van der Waals surface area contributed by atoms with Gasteiger partial charge < -0.3 is 19.8 Å². The third kappa shape index (κ3) is 3.86. The van der Waals surface area contributed by atoms with Crippen molar-refractivity contribution in [2.45, 2.75) is 71.1 Å². The van der Waals surface area contributed by atoms with Crippen LogP contribution >= 0.6 is 0 Å². The summed E-state index contributed by atoms with van der Waals surface area (Å²) in [6.07, 6.45) is 5.70. The minimum atomic E-state index is -0.0415. The molecule has 1 aliphatic carbocycles. The van der Waals surface area contributed by atoms with Crippen molar-refractivity contribution in [3.63, 3.8) is 0 Å². The zero-order valence-corrected chi connectivity index (χ0v) is 17.0. The smallest absolute Gasteiger partial charge is 0.216 e. The topological polar surface area (TPSA) is 71.7 Å². The van der Waals surface area contributed by atoms with Gasteiger partial charge in [-0.05, 0) is 52.5 Å². The average Bonchev–Trinajstić information content (AvgIpc) is 3.26. The molecular formula is C22H30N4O2. The molecule has 2 N–H and O–H groups in total. The van der Waals surface area contributed by atoms with Gasteiger partial charge in [-0.2, -0.15) is 0 Å². The number of benzene rings is 1. The van der Waals surface area contributed by atoms with Crippen molar-refractivity contribution < 1.29 is 9.15 Å². The predicted octanol–water partition coefficient (Wildman–Crippen LogP) is 4.18. The molecule has 0 amide bonds. The number of nitrogens with one attached hydrogen (secondary N) is 2. The molecule has 0 radical (unpaired) electrons. The molecule has 1 aromatic carbocycles. The van der Waals surface area contributed by atoms with Gasteiger partial charge in [-0.15, -0.1) is 0 Å². The van der Waals surface area contributed by atoms with Crippen LogP contribution in [0.25, 0.3) is 0 Å². The molecule has 2 aromatic rings. The maximum absolute atomic E-state index is 6.47. The first-order chi connectivity index (χ1) is 13.6. The highest BCUT2D eigenvalue weighted by Gasteiger charge is 2.43. The molecule has 1 fully saturated rings. The highest BCUT2D eigenvalue weighted by atomic mass is 16.5. The number of hydrogen-bond acceptors (Lipinski definition) is 4. The summed E-state index contributed by atoms with van der Waals surface area (Å²) in [7, 11) is 0. The van der Waals surface area contributed by atoms with Crippen molar-refractivity contribution in [3.8, 4) is 5.75 Å². The van der Waals surface area contributed by atoms with Gasteiger partial charge in [0.25, 0.3) is 0 Å². The van der Waals surface area contributed by atoms with Crippen molar-refractivity contribution in [3.05, 3.63) is 47.2 Å². The Morgan fingerprint density at radius 2 is 2.04 bits per heavy atom. The first kappa shape index (κ1) is 18.8. The lowest BCUT2D eigenvalue weighted by Crippen LogP contribution is -2.46. The summed E-state index contributed by atoms with van der Waals surface area (Å²) in [4.78, 5) is 9.15. The highest BCUT2D eigenvalue weighted by molar-refractivity contribution is 5.80. The number of para-hydroxylation sites is 1. The first-order valence-electron chi connectivity index (χ1n) is 10.3. The molecule has 1 aromatic heterocycles. The maximum atomic E-state index is 6.47. The molecule has 6 nitrogen and oxygen atoms in total. The van der Waals surface area contributed by atoms with Crippen LogP contribution in [0.2, 0.25) is 0 Å². The van der Waals surface area contributed by atoms with Crippen LogP contribution in [0.3, 0.4) is 0 Å². The van der Waals surface area contributed by atoms with E-state index in [4.69, 9.17) is 14.1 Å². The SMILES string of the molecule is CCNC(=NCc1nc(C)c(C)o1)NC1CC2(CCCC2)Oc2ccccc21. The van der Waals surface area contributed by atoms with Crippen LogP contribution < -0.4 is 15.4 Å². The number of rotatable bonds is 4. The minimum Gasteiger partial charge on any atom is -0.487 e. The lowest BCUT2D eigenvalue weighted by atomic mass is 9.86. The second-order valence-electron chi connectivity index (χ2n) is 7.88. The number of guanidine groups is 1. The molecule has 1 saturated carbocycles. The fraction of sp³-hybridized carbons (Fsp3) is 0.545. The molecule has 1 spiro atoms. The Bertz CT molecular complexity index is 832. The summed E-state index contributed by atoms with van der Waals surface area (Å²) < 4.78 is 12.1. The van der Waals surface area contributed by atoms with Crippen molar-refractivity contribution in [2.75, 3.05) is 6.54 Å².